The summed E-state index contributed by atoms with van der Waals surface area (Å²) in [5.41, 5.74) is 0.649. The molecule has 2 aromatic carbocycles. The van der Waals surface area contributed by atoms with Gasteiger partial charge < -0.3 is 10.1 Å². The number of hydrogen-bond acceptors (Lipinski definition) is 3. The van der Waals surface area contributed by atoms with E-state index in [-0.39, 0.29) is 5.91 Å². The number of ether oxygens (including phenoxy) is 1. The Morgan fingerprint density at radius 1 is 1.17 bits per heavy atom. The van der Waals surface area contributed by atoms with Gasteiger partial charge in [0.15, 0.2) is 11.6 Å². The van der Waals surface area contributed by atoms with Crippen molar-refractivity contribution < 1.29 is 18.3 Å². The van der Waals surface area contributed by atoms with Crippen molar-refractivity contribution in [2.45, 2.75) is 24.0 Å². The highest BCUT2D eigenvalue weighted by Crippen LogP contribution is 2.26. The third-order valence-corrected chi connectivity index (χ3v) is 4.10. The Bertz CT molecular complexity index is 677. The summed E-state index contributed by atoms with van der Waals surface area (Å²) in [7, 11) is 0. The van der Waals surface area contributed by atoms with Crippen LogP contribution in [0.1, 0.15) is 13.8 Å². The van der Waals surface area contributed by atoms with Gasteiger partial charge in [0.2, 0.25) is 5.91 Å². The highest BCUT2D eigenvalue weighted by atomic mass is 32.2. The second-order valence-electron chi connectivity index (χ2n) is 4.78. The SMILES string of the molecule is CCOc1ccc(NC(=O)[C@H](C)Sc2ccc(F)c(F)c2)cc1. The molecule has 2 rings (SSSR count). The van der Waals surface area contributed by atoms with Crippen molar-refractivity contribution in [2.75, 3.05) is 11.9 Å². The van der Waals surface area contributed by atoms with E-state index >= 15 is 0 Å². The maximum absolute atomic E-state index is 13.2. The number of thioether (sulfide) groups is 1. The van der Waals surface area contributed by atoms with Gasteiger partial charge >= 0.3 is 0 Å². The van der Waals surface area contributed by atoms with E-state index in [9.17, 15) is 13.6 Å². The van der Waals surface area contributed by atoms with Crippen LogP contribution in [0.15, 0.2) is 47.4 Å². The number of carbonyl (C=O) groups excluding carboxylic acids is 1. The smallest absolute Gasteiger partial charge is 0.237 e. The summed E-state index contributed by atoms with van der Waals surface area (Å²) < 4.78 is 31.4. The van der Waals surface area contributed by atoms with Crippen molar-refractivity contribution in [3.05, 3.63) is 54.1 Å². The van der Waals surface area contributed by atoms with Gasteiger partial charge in [-0.05, 0) is 56.3 Å². The molecule has 6 heteroatoms. The number of benzene rings is 2. The first-order chi connectivity index (χ1) is 11.0. The molecule has 0 bridgehead atoms. The molecule has 1 amide bonds. The zero-order valence-electron chi connectivity index (χ0n) is 12.8. The fourth-order valence-electron chi connectivity index (χ4n) is 1.85. The molecule has 23 heavy (non-hydrogen) atoms. The topological polar surface area (TPSA) is 38.3 Å². The van der Waals surface area contributed by atoms with Crippen molar-refractivity contribution in [1.29, 1.82) is 0 Å². The van der Waals surface area contributed by atoms with Gasteiger partial charge in [-0.2, -0.15) is 0 Å². The van der Waals surface area contributed by atoms with Crippen LogP contribution in [0.2, 0.25) is 0 Å². The molecule has 0 fully saturated rings. The van der Waals surface area contributed by atoms with Gasteiger partial charge in [-0.3, -0.25) is 4.79 Å². The van der Waals surface area contributed by atoms with E-state index in [2.05, 4.69) is 5.32 Å². The van der Waals surface area contributed by atoms with Gasteiger partial charge in [0.25, 0.3) is 0 Å². The Labute approximate surface area is 138 Å². The maximum atomic E-state index is 13.2. The minimum atomic E-state index is -0.922. The largest absolute Gasteiger partial charge is 0.494 e. The number of rotatable bonds is 6. The van der Waals surface area contributed by atoms with E-state index in [1.54, 1.807) is 31.2 Å². The average Bonchev–Trinajstić information content (AvgIpc) is 2.53. The number of amides is 1. The summed E-state index contributed by atoms with van der Waals surface area (Å²) >= 11 is 1.16. The Kier molecular flexibility index (Phi) is 5.98. The molecule has 0 saturated carbocycles. The molecule has 0 aliphatic heterocycles. The maximum Gasteiger partial charge on any atom is 0.237 e. The van der Waals surface area contributed by atoms with Crippen molar-refractivity contribution in [3.8, 4) is 5.75 Å². The van der Waals surface area contributed by atoms with Gasteiger partial charge in [0.05, 0.1) is 11.9 Å². The van der Waals surface area contributed by atoms with Crippen LogP contribution in [0.3, 0.4) is 0 Å². The minimum Gasteiger partial charge on any atom is -0.494 e. The summed E-state index contributed by atoms with van der Waals surface area (Å²) in [5, 5.41) is 2.32. The normalized spacial score (nSPS) is 11.8. The van der Waals surface area contributed by atoms with E-state index in [0.717, 1.165) is 29.6 Å². The quantitative estimate of drug-likeness (QED) is 0.790. The zero-order chi connectivity index (χ0) is 16.8. The standard InChI is InChI=1S/C17H17F2NO2S/c1-3-22-13-6-4-12(5-7-13)20-17(21)11(2)23-14-8-9-15(18)16(19)10-14/h4-11H,3H2,1-2H3,(H,20,21)/t11-/m0/s1. The fourth-order valence-corrected chi connectivity index (χ4v) is 2.75. The lowest BCUT2D eigenvalue weighted by molar-refractivity contribution is -0.115. The summed E-state index contributed by atoms with van der Waals surface area (Å²) in [6, 6.07) is 10.6. The van der Waals surface area contributed by atoms with Gasteiger partial charge in [0.1, 0.15) is 5.75 Å². The van der Waals surface area contributed by atoms with Crippen molar-refractivity contribution in [1.82, 2.24) is 0 Å². The highest BCUT2D eigenvalue weighted by molar-refractivity contribution is 8.00. The molecule has 1 N–H and O–H groups in total. The number of hydrogen-bond donors (Lipinski definition) is 1. The van der Waals surface area contributed by atoms with Gasteiger partial charge in [-0.25, -0.2) is 8.78 Å². The van der Waals surface area contributed by atoms with E-state index in [4.69, 9.17) is 4.74 Å². The van der Waals surface area contributed by atoms with Crippen LogP contribution in [0.4, 0.5) is 14.5 Å². The molecule has 0 aliphatic carbocycles. The van der Waals surface area contributed by atoms with Crippen LogP contribution in [-0.4, -0.2) is 17.8 Å². The van der Waals surface area contributed by atoms with Gasteiger partial charge in [0, 0.05) is 10.6 Å². The average molecular weight is 337 g/mol. The number of nitrogens with one attached hydrogen (secondary N) is 1. The third kappa shape index (κ3) is 4.96. The van der Waals surface area contributed by atoms with Crippen LogP contribution in [0.25, 0.3) is 0 Å². The molecule has 0 saturated heterocycles. The fraction of sp³-hybridized carbons (Fsp3) is 0.235. The predicted molar refractivity (Wildman–Crippen MR) is 87.9 cm³/mol. The summed E-state index contributed by atoms with van der Waals surface area (Å²) in [6.07, 6.45) is 0. The Balaban J connectivity index is 1.95. The van der Waals surface area contributed by atoms with Gasteiger partial charge in [-0.15, -0.1) is 11.8 Å². The lowest BCUT2D eigenvalue weighted by atomic mass is 10.3. The molecular formula is C17H17F2NO2S. The van der Waals surface area contributed by atoms with E-state index in [1.165, 1.54) is 6.07 Å². The third-order valence-electron chi connectivity index (χ3n) is 3.01. The first-order valence-corrected chi connectivity index (χ1v) is 8.03. The first-order valence-electron chi connectivity index (χ1n) is 7.15. The lowest BCUT2D eigenvalue weighted by Crippen LogP contribution is -2.22. The molecular weight excluding hydrogens is 320 g/mol. The lowest BCUT2D eigenvalue weighted by Gasteiger charge is -2.12. The monoisotopic (exact) mass is 337 g/mol. The van der Waals surface area contributed by atoms with Crippen LogP contribution < -0.4 is 10.1 Å². The van der Waals surface area contributed by atoms with Crippen molar-refractivity contribution >= 4 is 23.4 Å². The second kappa shape index (κ2) is 7.97. The molecule has 0 aromatic heterocycles. The van der Waals surface area contributed by atoms with E-state index in [0.29, 0.717) is 17.2 Å². The highest BCUT2D eigenvalue weighted by Gasteiger charge is 2.15. The molecule has 122 valence electrons. The van der Waals surface area contributed by atoms with E-state index < -0.39 is 16.9 Å². The summed E-state index contributed by atoms with van der Waals surface area (Å²) in [5.74, 6) is -1.31. The molecule has 0 heterocycles. The Hall–Kier alpha value is -2.08. The van der Waals surface area contributed by atoms with Crippen LogP contribution in [-0.2, 0) is 4.79 Å². The molecule has 0 spiro atoms. The molecule has 1 atom stereocenters. The van der Waals surface area contributed by atoms with Gasteiger partial charge in [-0.1, -0.05) is 0 Å². The van der Waals surface area contributed by atoms with Crippen LogP contribution >= 0.6 is 11.8 Å². The molecule has 0 unspecified atom stereocenters. The van der Waals surface area contributed by atoms with Crippen molar-refractivity contribution in [2.24, 2.45) is 0 Å². The minimum absolute atomic E-state index is 0.219. The van der Waals surface area contributed by atoms with Crippen molar-refractivity contribution in [3.63, 3.8) is 0 Å². The molecule has 3 nitrogen and oxygen atoms in total. The summed E-state index contributed by atoms with van der Waals surface area (Å²) in [4.78, 5) is 12.6. The number of halogens is 2. The van der Waals surface area contributed by atoms with E-state index in [1.807, 2.05) is 6.92 Å². The summed E-state index contributed by atoms with van der Waals surface area (Å²) in [6.45, 7) is 4.18. The molecule has 0 radical (unpaired) electrons. The van der Waals surface area contributed by atoms with Crippen LogP contribution in [0.5, 0.6) is 5.75 Å². The predicted octanol–water partition coefficient (Wildman–Crippen LogP) is 4.48. The number of anilines is 1. The van der Waals surface area contributed by atoms with Crippen LogP contribution in [0, 0.1) is 11.6 Å². The Morgan fingerprint density at radius 2 is 1.87 bits per heavy atom. The zero-order valence-corrected chi connectivity index (χ0v) is 13.6. The Morgan fingerprint density at radius 3 is 2.48 bits per heavy atom. The second-order valence-corrected chi connectivity index (χ2v) is 6.20. The molecule has 0 aliphatic rings. The number of carbonyl (C=O) groups is 1. The molecule has 2 aromatic rings. The first kappa shape index (κ1) is 17.3.